The molecule has 0 aromatic heterocycles. The van der Waals surface area contributed by atoms with E-state index in [0.717, 1.165) is 22.2 Å². The van der Waals surface area contributed by atoms with E-state index < -0.39 is 39.3 Å². The van der Waals surface area contributed by atoms with Crippen molar-refractivity contribution in [2.75, 3.05) is 24.2 Å². The summed E-state index contributed by atoms with van der Waals surface area (Å²) in [7, 11) is -2.53. The van der Waals surface area contributed by atoms with Crippen molar-refractivity contribution >= 4 is 33.2 Å². The summed E-state index contributed by atoms with van der Waals surface area (Å²) in [6.07, 6.45) is 0.919. The molecule has 0 saturated carbocycles. The minimum Gasteiger partial charge on any atom is -0.357 e. The third kappa shape index (κ3) is 6.03. The number of benzene rings is 2. The molecule has 0 aliphatic rings. The monoisotopic (exact) mass is 462 g/mol. The van der Waals surface area contributed by atoms with Gasteiger partial charge in [0, 0.05) is 25.7 Å². The normalized spacial score (nSPS) is 12.0. The SMILES string of the molecule is CNC(=O)[C@@H](C)N(Cc1ccccc1)C(=O)CN(c1cc([N+](=O)[O-])ccc1C)S(C)(=O)=O. The summed E-state index contributed by atoms with van der Waals surface area (Å²) in [5.41, 5.74) is 0.936. The number of aryl methyl sites for hydroxylation is 1. The molecule has 0 radical (unpaired) electrons. The molecular formula is C21H26N4O6S. The molecule has 2 aromatic carbocycles. The maximum atomic E-state index is 13.3. The third-order valence-corrected chi connectivity index (χ3v) is 6.09. The Morgan fingerprint density at radius 3 is 2.31 bits per heavy atom. The second-order valence-corrected chi connectivity index (χ2v) is 9.20. The van der Waals surface area contributed by atoms with Crippen molar-refractivity contribution in [1.29, 1.82) is 0 Å². The molecular weight excluding hydrogens is 436 g/mol. The van der Waals surface area contributed by atoms with Crippen LogP contribution in [0.2, 0.25) is 0 Å². The average Bonchev–Trinajstić information content (AvgIpc) is 2.75. The van der Waals surface area contributed by atoms with Gasteiger partial charge >= 0.3 is 0 Å². The van der Waals surface area contributed by atoms with E-state index in [1.54, 1.807) is 38.1 Å². The van der Waals surface area contributed by atoms with Gasteiger partial charge in [0.2, 0.25) is 21.8 Å². The molecule has 11 heteroatoms. The van der Waals surface area contributed by atoms with Crippen LogP contribution in [-0.4, -0.2) is 55.9 Å². The lowest BCUT2D eigenvalue weighted by Gasteiger charge is -2.31. The van der Waals surface area contributed by atoms with Crippen LogP contribution in [0.25, 0.3) is 0 Å². The third-order valence-electron chi connectivity index (χ3n) is 4.96. The van der Waals surface area contributed by atoms with Gasteiger partial charge in [-0.3, -0.25) is 24.0 Å². The molecule has 0 bridgehead atoms. The average molecular weight is 463 g/mol. The molecule has 0 fully saturated rings. The van der Waals surface area contributed by atoms with Crippen molar-refractivity contribution in [3.63, 3.8) is 0 Å². The Bertz CT molecular complexity index is 1100. The fourth-order valence-electron chi connectivity index (χ4n) is 3.15. The summed E-state index contributed by atoms with van der Waals surface area (Å²) in [5, 5.41) is 13.7. The molecule has 2 rings (SSSR count). The van der Waals surface area contributed by atoms with Crippen LogP contribution in [0.4, 0.5) is 11.4 Å². The summed E-state index contributed by atoms with van der Waals surface area (Å²) in [6.45, 7) is 2.61. The van der Waals surface area contributed by atoms with Crippen LogP contribution in [0, 0.1) is 17.0 Å². The van der Waals surface area contributed by atoms with Gasteiger partial charge in [0.05, 0.1) is 16.9 Å². The number of carbonyl (C=O) groups excluding carboxylic acids is 2. The summed E-state index contributed by atoms with van der Waals surface area (Å²) >= 11 is 0. The standard InChI is InChI=1S/C21H26N4O6S/c1-15-10-11-18(25(28)29)12-19(15)24(32(4,30)31)14-20(26)23(16(2)21(27)22-3)13-17-8-6-5-7-9-17/h5-12,16H,13-14H2,1-4H3,(H,22,27)/t16-/m1/s1. The molecule has 1 atom stereocenters. The molecule has 10 nitrogen and oxygen atoms in total. The summed E-state index contributed by atoms with van der Waals surface area (Å²) in [6, 6.07) is 11.9. The lowest BCUT2D eigenvalue weighted by atomic mass is 10.1. The minimum atomic E-state index is -3.97. The fraction of sp³-hybridized carbons (Fsp3) is 0.333. The molecule has 2 amide bonds. The number of nitrogens with zero attached hydrogens (tertiary/aromatic N) is 3. The van der Waals surface area contributed by atoms with Gasteiger partial charge in [-0.25, -0.2) is 8.42 Å². The molecule has 172 valence electrons. The molecule has 0 heterocycles. The topological polar surface area (TPSA) is 130 Å². The van der Waals surface area contributed by atoms with Gasteiger partial charge in [0.15, 0.2) is 0 Å². The predicted octanol–water partition coefficient (Wildman–Crippen LogP) is 1.83. The lowest BCUT2D eigenvalue weighted by Crippen LogP contribution is -2.50. The van der Waals surface area contributed by atoms with E-state index in [-0.39, 0.29) is 17.9 Å². The number of hydrogen-bond donors (Lipinski definition) is 1. The van der Waals surface area contributed by atoms with Crippen molar-refractivity contribution in [1.82, 2.24) is 10.2 Å². The van der Waals surface area contributed by atoms with Gasteiger partial charge in [0.1, 0.15) is 12.6 Å². The first kappa shape index (κ1) is 24.8. The number of carbonyl (C=O) groups is 2. The first-order valence-electron chi connectivity index (χ1n) is 9.73. The number of nitro benzene ring substituents is 1. The van der Waals surface area contributed by atoms with Gasteiger partial charge in [-0.2, -0.15) is 0 Å². The Hall–Kier alpha value is -3.47. The molecule has 1 N–H and O–H groups in total. The Balaban J connectivity index is 2.46. The van der Waals surface area contributed by atoms with Crippen LogP contribution in [-0.2, 0) is 26.2 Å². The number of likely N-dealkylation sites (N-methyl/N-ethyl adjacent to an activating group) is 1. The Kier molecular flexibility index (Phi) is 7.92. The highest BCUT2D eigenvalue weighted by molar-refractivity contribution is 7.92. The molecule has 0 aliphatic heterocycles. The lowest BCUT2D eigenvalue weighted by molar-refractivity contribution is -0.384. The Morgan fingerprint density at radius 1 is 1.16 bits per heavy atom. The van der Waals surface area contributed by atoms with Gasteiger partial charge in [0.25, 0.3) is 5.69 Å². The largest absolute Gasteiger partial charge is 0.357 e. The van der Waals surface area contributed by atoms with Gasteiger partial charge < -0.3 is 10.2 Å². The van der Waals surface area contributed by atoms with E-state index in [9.17, 15) is 28.1 Å². The van der Waals surface area contributed by atoms with Gasteiger partial charge in [-0.05, 0) is 25.0 Å². The van der Waals surface area contributed by atoms with Crippen LogP contribution in [0.15, 0.2) is 48.5 Å². The summed E-state index contributed by atoms with van der Waals surface area (Å²) < 4.78 is 25.9. The smallest absolute Gasteiger partial charge is 0.271 e. The van der Waals surface area contributed by atoms with Gasteiger partial charge in [-0.1, -0.05) is 36.4 Å². The first-order valence-corrected chi connectivity index (χ1v) is 11.6. The van der Waals surface area contributed by atoms with E-state index in [2.05, 4.69) is 5.32 Å². The van der Waals surface area contributed by atoms with Crippen molar-refractivity contribution < 1.29 is 22.9 Å². The summed E-state index contributed by atoms with van der Waals surface area (Å²) in [4.78, 5) is 37.4. The highest BCUT2D eigenvalue weighted by Gasteiger charge is 2.30. The number of anilines is 1. The van der Waals surface area contributed by atoms with Crippen LogP contribution >= 0.6 is 0 Å². The molecule has 32 heavy (non-hydrogen) atoms. The second-order valence-electron chi connectivity index (χ2n) is 7.29. The Labute approximate surface area is 187 Å². The number of nitrogens with one attached hydrogen (secondary N) is 1. The number of hydrogen-bond acceptors (Lipinski definition) is 6. The van der Waals surface area contributed by atoms with E-state index in [4.69, 9.17) is 0 Å². The number of nitro groups is 1. The van der Waals surface area contributed by atoms with Crippen molar-refractivity contribution in [2.24, 2.45) is 0 Å². The van der Waals surface area contributed by atoms with Crippen LogP contribution < -0.4 is 9.62 Å². The van der Waals surface area contributed by atoms with Gasteiger partial charge in [-0.15, -0.1) is 0 Å². The van der Waals surface area contributed by atoms with E-state index >= 15 is 0 Å². The molecule has 0 unspecified atom stereocenters. The second kappa shape index (κ2) is 10.2. The van der Waals surface area contributed by atoms with Crippen LogP contribution in [0.5, 0.6) is 0 Å². The number of sulfonamides is 1. The maximum Gasteiger partial charge on any atom is 0.271 e. The highest BCUT2D eigenvalue weighted by Crippen LogP contribution is 2.27. The zero-order valence-electron chi connectivity index (χ0n) is 18.3. The molecule has 0 aliphatic carbocycles. The quantitative estimate of drug-likeness (QED) is 0.447. The minimum absolute atomic E-state index is 0.0299. The number of non-ortho nitro benzene ring substituents is 1. The zero-order valence-corrected chi connectivity index (χ0v) is 19.1. The predicted molar refractivity (Wildman–Crippen MR) is 121 cm³/mol. The highest BCUT2D eigenvalue weighted by atomic mass is 32.2. The van der Waals surface area contributed by atoms with E-state index in [1.165, 1.54) is 24.1 Å². The van der Waals surface area contributed by atoms with Crippen molar-refractivity contribution in [3.05, 3.63) is 69.8 Å². The first-order chi connectivity index (χ1) is 15.0. The molecule has 0 saturated heterocycles. The van der Waals surface area contributed by atoms with Crippen molar-refractivity contribution in [2.45, 2.75) is 26.4 Å². The van der Waals surface area contributed by atoms with Crippen LogP contribution in [0.1, 0.15) is 18.1 Å². The fourth-order valence-corrected chi connectivity index (χ4v) is 4.05. The number of amides is 2. The number of rotatable bonds is 9. The maximum absolute atomic E-state index is 13.3. The molecule has 0 spiro atoms. The molecule has 2 aromatic rings. The van der Waals surface area contributed by atoms with Crippen LogP contribution in [0.3, 0.4) is 0 Å². The Morgan fingerprint density at radius 2 is 1.78 bits per heavy atom. The summed E-state index contributed by atoms with van der Waals surface area (Å²) in [5.74, 6) is -1.03. The van der Waals surface area contributed by atoms with E-state index in [1.807, 2.05) is 6.07 Å². The zero-order chi connectivity index (χ0) is 24.1. The van der Waals surface area contributed by atoms with Crippen molar-refractivity contribution in [3.8, 4) is 0 Å². The van der Waals surface area contributed by atoms with E-state index in [0.29, 0.717) is 5.56 Å².